The number of anilines is 1. The number of halogens is 3. The molecular weight excluding hydrogens is 263 g/mol. The van der Waals surface area contributed by atoms with E-state index in [-0.39, 0.29) is 5.89 Å². The summed E-state index contributed by atoms with van der Waals surface area (Å²) in [6, 6.07) is 0. The van der Waals surface area contributed by atoms with Gasteiger partial charge < -0.3 is 14.5 Å². The Morgan fingerprint density at radius 3 is 2.47 bits per heavy atom. The van der Waals surface area contributed by atoms with E-state index < -0.39 is 18.2 Å². The minimum Gasteiger partial charge on any atom is -0.383 e. The van der Waals surface area contributed by atoms with Crippen molar-refractivity contribution in [1.82, 2.24) is 10.1 Å². The number of hydrogen-bond donors (Lipinski definition) is 1. The molecule has 0 spiro atoms. The summed E-state index contributed by atoms with van der Waals surface area (Å²) in [5.74, 6) is -1.16. The molecule has 2 rings (SSSR count). The summed E-state index contributed by atoms with van der Waals surface area (Å²) in [5.41, 5.74) is 0. The van der Waals surface area contributed by atoms with Crippen molar-refractivity contribution in [2.75, 3.05) is 18.0 Å². The number of alkyl halides is 3. The highest BCUT2D eigenvalue weighted by Crippen LogP contribution is 2.31. The predicted molar refractivity (Wildman–Crippen MR) is 60.8 cm³/mol. The van der Waals surface area contributed by atoms with Crippen molar-refractivity contribution >= 4 is 5.95 Å². The Labute approximate surface area is 108 Å². The van der Waals surface area contributed by atoms with Crippen LogP contribution in [0.1, 0.15) is 38.0 Å². The summed E-state index contributed by atoms with van der Waals surface area (Å²) in [7, 11) is 0. The van der Waals surface area contributed by atoms with Gasteiger partial charge in [-0.05, 0) is 24.4 Å². The molecule has 2 unspecified atom stereocenters. The zero-order valence-electron chi connectivity index (χ0n) is 10.5. The van der Waals surface area contributed by atoms with Crippen LogP contribution in [-0.2, 0) is 0 Å². The van der Waals surface area contributed by atoms with Gasteiger partial charge >= 0.3 is 6.18 Å². The highest BCUT2D eigenvalue weighted by molar-refractivity contribution is 5.28. The number of hydrogen-bond acceptors (Lipinski definition) is 5. The molecule has 0 bridgehead atoms. The Hall–Kier alpha value is -1.31. The zero-order valence-corrected chi connectivity index (χ0v) is 10.5. The summed E-state index contributed by atoms with van der Waals surface area (Å²) < 4.78 is 42.0. The third-order valence-electron chi connectivity index (χ3n) is 3.27. The first kappa shape index (κ1) is 14.1. The van der Waals surface area contributed by atoms with Crippen molar-refractivity contribution in [2.24, 2.45) is 0 Å². The second-order valence-corrected chi connectivity index (χ2v) is 4.76. The largest absolute Gasteiger partial charge is 0.415 e. The van der Waals surface area contributed by atoms with Crippen LogP contribution in [0.5, 0.6) is 0 Å². The Bertz CT molecular complexity index is 416. The molecule has 19 heavy (non-hydrogen) atoms. The van der Waals surface area contributed by atoms with Gasteiger partial charge in [0.2, 0.25) is 5.89 Å². The number of nitrogens with zero attached hydrogens (tertiary/aromatic N) is 3. The maximum atomic E-state index is 12.4. The van der Waals surface area contributed by atoms with Crippen LogP contribution in [0, 0.1) is 0 Å². The molecular formula is C11H16F3N3O2. The van der Waals surface area contributed by atoms with E-state index in [4.69, 9.17) is 9.63 Å². The van der Waals surface area contributed by atoms with Crippen LogP contribution in [0.15, 0.2) is 4.52 Å². The van der Waals surface area contributed by atoms with E-state index in [1.165, 1.54) is 6.92 Å². The topological polar surface area (TPSA) is 62.4 Å². The van der Waals surface area contributed by atoms with E-state index in [0.717, 1.165) is 32.4 Å². The molecule has 1 aromatic heterocycles. The lowest BCUT2D eigenvalue weighted by Gasteiger charge is -2.24. The minimum absolute atomic E-state index is 0.189. The molecule has 108 valence electrons. The van der Waals surface area contributed by atoms with Gasteiger partial charge in [-0.3, -0.25) is 0 Å². The van der Waals surface area contributed by atoms with Gasteiger partial charge in [-0.25, -0.2) is 0 Å². The Balaban J connectivity index is 2.07. The van der Waals surface area contributed by atoms with Crippen molar-refractivity contribution in [3.8, 4) is 0 Å². The smallest absolute Gasteiger partial charge is 0.383 e. The lowest BCUT2D eigenvalue weighted by Crippen LogP contribution is -2.33. The van der Waals surface area contributed by atoms with Crippen molar-refractivity contribution < 1.29 is 22.8 Å². The van der Waals surface area contributed by atoms with E-state index in [2.05, 4.69) is 10.1 Å². The highest BCUT2D eigenvalue weighted by atomic mass is 19.4. The Kier molecular flexibility index (Phi) is 3.98. The third-order valence-corrected chi connectivity index (χ3v) is 3.27. The molecule has 1 aliphatic rings. The van der Waals surface area contributed by atoms with Crippen LogP contribution in [0.2, 0.25) is 0 Å². The highest BCUT2D eigenvalue weighted by Gasteiger charge is 2.44. The van der Waals surface area contributed by atoms with Gasteiger partial charge in [0.25, 0.3) is 5.95 Å². The van der Waals surface area contributed by atoms with Gasteiger partial charge in [-0.2, -0.15) is 18.2 Å². The maximum absolute atomic E-state index is 12.4. The maximum Gasteiger partial charge on any atom is 0.415 e. The molecule has 1 aliphatic heterocycles. The Morgan fingerprint density at radius 1 is 1.26 bits per heavy atom. The van der Waals surface area contributed by atoms with Crippen LogP contribution < -0.4 is 4.90 Å². The van der Waals surface area contributed by atoms with Crippen LogP contribution in [0.25, 0.3) is 0 Å². The first-order valence-corrected chi connectivity index (χ1v) is 6.23. The fraction of sp³-hybridized carbons (Fsp3) is 0.818. The molecule has 0 radical (unpaired) electrons. The molecule has 0 aliphatic carbocycles. The quantitative estimate of drug-likeness (QED) is 0.918. The van der Waals surface area contributed by atoms with Gasteiger partial charge in [-0.15, -0.1) is 0 Å². The van der Waals surface area contributed by atoms with E-state index in [9.17, 15) is 13.2 Å². The SMILES string of the molecule is CC(c1nc(N2CCCCC2)no1)C(O)C(F)(F)F. The summed E-state index contributed by atoms with van der Waals surface area (Å²) in [4.78, 5) is 5.83. The number of aromatic nitrogens is 2. The van der Waals surface area contributed by atoms with Crippen molar-refractivity contribution in [2.45, 2.75) is 44.4 Å². The molecule has 0 aromatic carbocycles. The first-order chi connectivity index (χ1) is 8.89. The summed E-state index contributed by atoms with van der Waals surface area (Å²) >= 11 is 0. The normalized spacial score (nSPS) is 20.4. The minimum atomic E-state index is -4.70. The predicted octanol–water partition coefficient (Wildman–Crippen LogP) is 2.09. The molecule has 1 saturated heterocycles. The molecule has 1 fully saturated rings. The second kappa shape index (κ2) is 5.36. The molecule has 8 heteroatoms. The van der Waals surface area contributed by atoms with Crippen molar-refractivity contribution in [3.05, 3.63) is 5.89 Å². The molecule has 0 amide bonds. The summed E-state index contributed by atoms with van der Waals surface area (Å²) in [6.45, 7) is 2.76. The van der Waals surface area contributed by atoms with Crippen molar-refractivity contribution in [3.63, 3.8) is 0 Å². The first-order valence-electron chi connectivity index (χ1n) is 6.23. The second-order valence-electron chi connectivity index (χ2n) is 4.76. The van der Waals surface area contributed by atoms with Crippen molar-refractivity contribution in [1.29, 1.82) is 0 Å². The average Bonchev–Trinajstić information content (AvgIpc) is 2.86. The molecule has 5 nitrogen and oxygen atoms in total. The molecule has 1 N–H and O–H groups in total. The van der Waals surface area contributed by atoms with Gasteiger partial charge in [0, 0.05) is 13.1 Å². The summed E-state index contributed by atoms with van der Waals surface area (Å²) in [6.07, 6.45) is -4.05. The number of aliphatic hydroxyl groups is 1. The number of aliphatic hydroxyl groups excluding tert-OH is 1. The lowest BCUT2D eigenvalue weighted by molar-refractivity contribution is -0.210. The zero-order chi connectivity index (χ0) is 14.0. The van der Waals surface area contributed by atoms with Crippen LogP contribution >= 0.6 is 0 Å². The van der Waals surface area contributed by atoms with Gasteiger partial charge in [-0.1, -0.05) is 6.92 Å². The van der Waals surface area contributed by atoms with E-state index in [0.29, 0.717) is 5.95 Å². The van der Waals surface area contributed by atoms with Gasteiger partial charge in [0.1, 0.15) is 0 Å². The lowest BCUT2D eigenvalue weighted by atomic mass is 10.1. The molecule has 2 atom stereocenters. The van der Waals surface area contributed by atoms with E-state index in [1.54, 1.807) is 0 Å². The fourth-order valence-electron chi connectivity index (χ4n) is 2.05. The fourth-order valence-corrected chi connectivity index (χ4v) is 2.05. The summed E-state index contributed by atoms with van der Waals surface area (Å²) in [5, 5.41) is 12.8. The van der Waals surface area contributed by atoms with Gasteiger partial charge in [0.05, 0.1) is 5.92 Å². The number of rotatable bonds is 3. The van der Waals surface area contributed by atoms with E-state index in [1.807, 2.05) is 4.90 Å². The van der Waals surface area contributed by atoms with Gasteiger partial charge in [0.15, 0.2) is 6.10 Å². The molecule has 0 saturated carbocycles. The monoisotopic (exact) mass is 279 g/mol. The van der Waals surface area contributed by atoms with E-state index >= 15 is 0 Å². The van der Waals surface area contributed by atoms with Crippen LogP contribution in [0.3, 0.4) is 0 Å². The Morgan fingerprint density at radius 2 is 1.89 bits per heavy atom. The number of piperidine rings is 1. The molecule has 1 aromatic rings. The van der Waals surface area contributed by atoms with Crippen LogP contribution in [-0.4, -0.2) is 40.6 Å². The molecule has 2 heterocycles. The third kappa shape index (κ3) is 3.17. The standard InChI is InChI=1S/C11H16F3N3O2/c1-7(8(18)11(12,13)14)9-15-10(16-19-9)17-5-3-2-4-6-17/h7-8,18H,2-6H2,1H3. The average molecular weight is 279 g/mol. The van der Waals surface area contributed by atoms with Crippen LogP contribution in [0.4, 0.5) is 19.1 Å².